The smallest absolute Gasteiger partial charge is 0.204 e. The molecule has 1 aromatic carbocycles. The molecule has 0 fully saturated rings. The molecule has 0 aliphatic heterocycles. The molecule has 0 saturated heterocycles. The molecular weight excluding hydrogens is 280 g/mol. The maximum Gasteiger partial charge on any atom is 0.204 e. The number of hydrogen-bond acceptors (Lipinski definition) is 6. The Balaban J connectivity index is 1.86. The molecule has 0 aliphatic carbocycles. The first kappa shape index (κ1) is 13.9. The molecule has 0 amide bonds. The second kappa shape index (κ2) is 6.57. The zero-order chi connectivity index (χ0) is 15.2. The van der Waals surface area contributed by atoms with Gasteiger partial charge in [0.2, 0.25) is 5.82 Å². The molecule has 7 nitrogen and oxygen atoms in total. The number of nitrogens with zero attached hydrogens (tertiary/aromatic N) is 6. The number of pyridine rings is 1. The SMILES string of the molecule is Cn1nnnc1C(=NOCc1ccccn1)c1ccccc1. The lowest BCUT2D eigenvalue weighted by molar-refractivity contribution is 0.128. The molecule has 0 unspecified atom stereocenters. The van der Waals surface area contributed by atoms with Crippen LogP contribution in [0.4, 0.5) is 0 Å². The summed E-state index contributed by atoms with van der Waals surface area (Å²) in [4.78, 5) is 9.62. The highest BCUT2D eigenvalue weighted by Gasteiger charge is 2.14. The fourth-order valence-electron chi connectivity index (χ4n) is 1.90. The standard InChI is InChI=1S/C15H14N6O/c1-21-15(17-19-20-21)14(12-7-3-2-4-8-12)18-22-11-13-9-5-6-10-16-13/h2-10H,11H2,1H3. The lowest BCUT2D eigenvalue weighted by Crippen LogP contribution is -2.12. The van der Waals surface area contributed by atoms with Crippen LogP contribution in [0.15, 0.2) is 59.9 Å². The molecule has 0 saturated carbocycles. The first-order chi connectivity index (χ1) is 10.8. The molecule has 110 valence electrons. The van der Waals surface area contributed by atoms with Gasteiger partial charge in [-0.2, -0.15) is 0 Å². The van der Waals surface area contributed by atoms with Crippen molar-refractivity contribution < 1.29 is 4.84 Å². The van der Waals surface area contributed by atoms with Gasteiger partial charge in [-0.3, -0.25) is 4.98 Å². The number of oxime groups is 1. The second-order valence-electron chi connectivity index (χ2n) is 4.53. The first-order valence-electron chi connectivity index (χ1n) is 6.72. The van der Waals surface area contributed by atoms with Crippen LogP contribution in [0.25, 0.3) is 0 Å². The van der Waals surface area contributed by atoms with Gasteiger partial charge in [0.15, 0.2) is 12.3 Å². The fourth-order valence-corrected chi connectivity index (χ4v) is 1.90. The number of aryl methyl sites for hydroxylation is 1. The number of benzene rings is 1. The van der Waals surface area contributed by atoms with Gasteiger partial charge in [0.25, 0.3) is 0 Å². The normalized spacial score (nSPS) is 11.4. The van der Waals surface area contributed by atoms with Crippen LogP contribution >= 0.6 is 0 Å². The average Bonchev–Trinajstić information content (AvgIpc) is 2.99. The molecule has 2 heterocycles. The molecule has 3 aromatic rings. The Hall–Kier alpha value is -3.09. The minimum Gasteiger partial charge on any atom is -0.389 e. The van der Waals surface area contributed by atoms with Crippen molar-refractivity contribution in [2.24, 2.45) is 12.2 Å². The average molecular weight is 294 g/mol. The molecule has 2 aromatic heterocycles. The highest BCUT2D eigenvalue weighted by atomic mass is 16.6. The molecule has 0 atom stereocenters. The van der Waals surface area contributed by atoms with Crippen molar-refractivity contribution in [3.8, 4) is 0 Å². The molecule has 22 heavy (non-hydrogen) atoms. The van der Waals surface area contributed by atoms with Gasteiger partial charge in [-0.05, 0) is 22.6 Å². The van der Waals surface area contributed by atoms with Crippen molar-refractivity contribution in [3.63, 3.8) is 0 Å². The summed E-state index contributed by atoms with van der Waals surface area (Å²) < 4.78 is 1.55. The third-order valence-electron chi connectivity index (χ3n) is 2.97. The Bertz CT molecular complexity index is 754. The van der Waals surface area contributed by atoms with Crippen LogP contribution in [0.1, 0.15) is 17.1 Å². The zero-order valence-corrected chi connectivity index (χ0v) is 12.0. The minimum atomic E-state index is 0.280. The van der Waals surface area contributed by atoms with Gasteiger partial charge < -0.3 is 4.84 Å². The molecule has 0 bridgehead atoms. The van der Waals surface area contributed by atoms with E-state index in [0.717, 1.165) is 11.3 Å². The molecule has 0 radical (unpaired) electrons. The van der Waals surface area contributed by atoms with E-state index < -0.39 is 0 Å². The molecule has 7 heteroatoms. The zero-order valence-electron chi connectivity index (χ0n) is 12.0. The monoisotopic (exact) mass is 294 g/mol. The van der Waals surface area contributed by atoms with Crippen LogP contribution in [0.2, 0.25) is 0 Å². The van der Waals surface area contributed by atoms with E-state index in [2.05, 4.69) is 25.7 Å². The summed E-state index contributed by atoms with van der Waals surface area (Å²) in [6.07, 6.45) is 1.72. The highest BCUT2D eigenvalue weighted by molar-refractivity contribution is 6.10. The van der Waals surface area contributed by atoms with E-state index in [-0.39, 0.29) is 6.61 Å². The van der Waals surface area contributed by atoms with Gasteiger partial charge in [-0.1, -0.05) is 41.6 Å². The maximum absolute atomic E-state index is 5.43. The van der Waals surface area contributed by atoms with E-state index in [9.17, 15) is 0 Å². The molecule has 3 rings (SSSR count). The van der Waals surface area contributed by atoms with Gasteiger partial charge in [0.05, 0.1) is 5.69 Å². The Morgan fingerprint density at radius 3 is 2.64 bits per heavy atom. The lowest BCUT2D eigenvalue weighted by Gasteiger charge is -2.05. The predicted molar refractivity (Wildman–Crippen MR) is 79.9 cm³/mol. The number of rotatable bonds is 5. The van der Waals surface area contributed by atoms with Gasteiger partial charge >= 0.3 is 0 Å². The van der Waals surface area contributed by atoms with Crippen LogP contribution in [-0.2, 0) is 18.5 Å². The summed E-state index contributed by atoms with van der Waals surface area (Å²) in [6, 6.07) is 15.3. The lowest BCUT2D eigenvalue weighted by atomic mass is 10.1. The summed E-state index contributed by atoms with van der Waals surface area (Å²) >= 11 is 0. The van der Waals surface area contributed by atoms with Crippen molar-refractivity contribution in [1.82, 2.24) is 25.2 Å². The molecular formula is C15H14N6O. The maximum atomic E-state index is 5.43. The molecule has 0 spiro atoms. The van der Waals surface area contributed by atoms with Gasteiger partial charge in [-0.25, -0.2) is 4.68 Å². The summed E-state index contributed by atoms with van der Waals surface area (Å²) in [5, 5.41) is 15.7. The topological polar surface area (TPSA) is 78.1 Å². The Labute approximate surface area is 127 Å². The van der Waals surface area contributed by atoms with E-state index in [4.69, 9.17) is 4.84 Å². The predicted octanol–water partition coefficient (Wildman–Crippen LogP) is 1.57. The number of tetrazole rings is 1. The summed E-state index contributed by atoms with van der Waals surface area (Å²) in [7, 11) is 1.76. The van der Waals surface area contributed by atoms with E-state index in [1.54, 1.807) is 17.9 Å². The largest absolute Gasteiger partial charge is 0.389 e. The van der Waals surface area contributed by atoms with Crippen LogP contribution < -0.4 is 0 Å². The van der Waals surface area contributed by atoms with Gasteiger partial charge in [0, 0.05) is 18.8 Å². The van der Waals surface area contributed by atoms with Gasteiger partial charge in [-0.15, -0.1) is 5.10 Å². The second-order valence-corrected chi connectivity index (χ2v) is 4.53. The molecule has 0 aliphatic rings. The minimum absolute atomic E-state index is 0.280. The summed E-state index contributed by atoms with van der Waals surface area (Å²) in [5.74, 6) is 0.534. The van der Waals surface area contributed by atoms with Crippen LogP contribution in [0.5, 0.6) is 0 Å². The molecule has 0 N–H and O–H groups in total. The van der Waals surface area contributed by atoms with Crippen molar-refractivity contribution in [2.75, 3.05) is 0 Å². The van der Waals surface area contributed by atoms with Crippen molar-refractivity contribution in [1.29, 1.82) is 0 Å². The highest BCUT2D eigenvalue weighted by Crippen LogP contribution is 2.08. The third-order valence-corrected chi connectivity index (χ3v) is 2.97. The summed E-state index contributed by atoms with van der Waals surface area (Å²) in [5.41, 5.74) is 2.25. The number of hydrogen-bond donors (Lipinski definition) is 0. The van der Waals surface area contributed by atoms with E-state index >= 15 is 0 Å². The fraction of sp³-hybridized carbons (Fsp3) is 0.133. The quantitative estimate of drug-likeness (QED) is 0.527. The third kappa shape index (κ3) is 3.14. The van der Waals surface area contributed by atoms with Crippen molar-refractivity contribution in [3.05, 3.63) is 71.8 Å². The number of aromatic nitrogens is 5. The Morgan fingerprint density at radius 2 is 1.95 bits per heavy atom. The Morgan fingerprint density at radius 1 is 1.14 bits per heavy atom. The first-order valence-corrected chi connectivity index (χ1v) is 6.72. The van der Waals surface area contributed by atoms with E-state index in [1.165, 1.54) is 0 Å². The van der Waals surface area contributed by atoms with Gasteiger partial charge in [0.1, 0.15) is 0 Å². The van der Waals surface area contributed by atoms with Crippen molar-refractivity contribution in [2.45, 2.75) is 6.61 Å². The summed E-state index contributed by atoms with van der Waals surface area (Å²) in [6.45, 7) is 0.280. The Kier molecular flexibility index (Phi) is 4.15. The van der Waals surface area contributed by atoms with Crippen LogP contribution in [0, 0.1) is 0 Å². The van der Waals surface area contributed by atoms with Crippen LogP contribution in [0.3, 0.4) is 0 Å². The van der Waals surface area contributed by atoms with E-state index in [1.807, 2.05) is 48.5 Å². The van der Waals surface area contributed by atoms with E-state index in [0.29, 0.717) is 11.5 Å². The van der Waals surface area contributed by atoms with Crippen molar-refractivity contribution >= 4 is 5.71 Å². The van der Waals surface area contributed by atoms with Crippen LogP contribution in [-0.4, -0.2) is 30.9 Å².